The molecule has 1 aliphatic rings. The van der Waals surface area contributed by atoms with Crippen LogP contribution in [0.15, 0.2) is 22.7 Å². The van der Waals surface area contributed by atoms with E-state index in [0.29, 0.717) is 11.3 Å². The maximum atomic E-state index is 12.5. The topological polar surface area (TPSA) is 26.3 Å². The minimum Gasteiger partial charge on any atom is -0.496 e. The van der Waals surface area contributed by atoms with Crippen molar-refractivity contribution in [1.82, 2.24) is 0 Å². The van der Waals surface area contributed by atoms with Crippen LogP contribution in [0.1, 0.15) is 43.0 Å². The molecule has 18 heavy (non-hydrogen) atoms. The molecule has 1 aromatic carbocycles. The van der Waals surface area contributed by atoms with Gasteiger partial charge >= 0.3 is 0 Å². The third-order valence-corrected chi connectivity index (χ3v) is 4.31. The Morgan fingerprint density at radius 3 is 2.56 bits per heavy atom. The predicted octanol–water partition coefficient (Wildman–Crippen LogP) is 4.47. The van der Waals surface area contributed by atoms with Crippen molar-refractivity contribution < 1.29 is 9.53 Å². The first kappa shape index (κ1) is 13.6. The molecule has 0 atom stereocenters. The third kappa shape index (κ3) is 2.94. The number of ether oxygens (including phenoxy) is 1. The largest absolute Gasteiger partial charge is 0.496 e. The number of halogens is 1. The van der Waals surface area contributed by atoms with Gasteiger partial charge < -0.3 is 4.74 Å². The highest BCUT2D eigenvalue weighted by atomic mass is 79.9. The zero-order valence-corrected chi connectivity index (χ0v) is 12.5. The van der Waals surface area contributed by atoms with E-state index in [4.69, 9.17) is 4.74 Å². The number of hydrogen-bond donors (Lipinski definition) is 0. The molecule has 2 rings (SSSR count). The lowest BCUT2D eigenvalue weighted by molar-refractivity contribution is 0.0872. The van der Waals surface area contributed by atoms with Crippen LogP contribution in [0.4, 0.5) is 0 Å². The van der Waals surface area contributed by atoms with Crippen molar-refractivity contribution in [3.8, 4) is 5.75 Å². The second-order valence-electron chi connectivity index (χ2n) is 5.17. The summed E-state index contributed by atoms with van der Waals surface area (Å²) in [6.07, 6.45) is 4.34. The second-order valence-corrected chi connectivity index (χ2v) is 6.08. The van der Waals surface area contributed by atoms with Crippen molar-refractivity contribution in [3.63, 3.8) is 0 Å². The summed E-state index contributed by atoms with van der Waals surface area (Å²) in [7, 11) is 1.61. The van der Waals surface area contributed by atoms with E-state index < -0.39 is 0 Å². The van der Waals surface area contributed by atoms with Gasteiger partial charge in [-0.2, -0.15) is 0 Å². The van der Waals surface area contributed by atoms with Crippen LogP contribution in [0, 0.1) is 11.8 Å². The van der Waals surface area contributed by atoms with Crippen molar-refractivity contribution in [2.45, 2.75) is 32.6 Å². The summed E-state index contributed by atoms with van der Waals surface area (Å²) in [6, 6.07) is 5.63. The Bertz CT molecular complexity index is 434. The molecule has 0 amide bonds. The summed E-state index contributed by atoms with van der Waals surface area (Å²) in [4.78, 5) is 12.5. The molecule has 1 aliphatic carbocycles. The standard InChI is InChI=1S/C15H19BrO2/c1-10-3-5-11(6-4-10)15(17)13-9-12(16)7-8-14(13)18-2/h7-11H,3-6H2,1-2H3. The number of carbonyl (C=O) groups excluding carboxylic acids is 1. The summed E-state index contributed by atoms with van der Waals surface area (Å²) in [5, 5.41) is 0. The average Bonchev–Trinajstić information content (AvgIpc) is 2.39. The summed E-state index contributed by atoms with van der Waals surface area (Å²) in [6.45, 7) is 2.26. The van der Waals surface area contributed by atoms with Gasteiger partial charge in [-0.3, -0.25) is 4.79 Å². The first-order valence-corrected chi connectivity index (χ1v) is 7.29. The van der Waals surface area contributed by atoms with Crippen LogP contribution in [0.2, 0.25) is 0 Å². The number of rotatable bonds is 3. The molecule has 1 aromatic rings. The summed E-state index contributed by atoms with van der Waals surface area (Å²) >= 11 is 3.42. The van der Waals surface area contributed by atoms with Crippen LogP contribution in [0.3, 0.4) is 0 Å². The lowest BCUT2D eigenvalue weighted by atomic mass is 9.79. The normalized spacial score (nSPS) is 23.7. The lowest BCUT2D eigenvalue weighted by Crippen LogP contribution is -2.21. The van der Waals surface area contributed by atoms with Gasteiger partial charge in [0.1, 0.15) is 5.75 Å². The minimum atomic E-state index is 0.171. The Morgan fingerprint density at radius 2 is 1.94 bits per heavy atom. The van der Waals surface area contributed by atoms with Crippen LogP contribution < -0.4 is 4.74 Å². The Hall–Kier alpha value is -0.830. The van der Waals surface area contributed by atoms with Gasteiger partial charge in [0.2, 0.25) is 0 Å². The average molecular weight is 311 g/mol. The molecule has 2 nitrogen and oxygen atoms in total. The van der Waals surface area contributed by atoms with Crippen LogP contribution in [0.25, 0.3) is 0 Å². The molecular formula is C15H19BrO2. The highest BCUT2D eigenvalue weighted by molar-refractivity contribution is 9.10. The number of benzene rings is 1. The Balaban J connectivity index is 2.20. The molecule has 0 aromatic heterocycles. The summed E-state index contributed by atoms with van der Waals surface area (Å²) < 4.78 is 6.22. The molecule has 0 radical (unpaired) electrons. The van der Waals surface area contributed by atoms with Crippen molar-refractivity contribution in [2.24, 2.45) is 11.8 Å². The molecule has 0 saturated heterocycles. The van der Waals surface area contributed by atoms with Gasteiger partial charge in [-0.15, -0.1) is 0 Å². The fraction of sp³-hybridized carbons (Fsp3) is 0.533. The van der Waals surface area contributed by atoms with E-state index in [9.17, 15) is 4.79 Å². The van der Waals surface area contributed by atoms with Crippen molar-refractivity contribution in [2.75, 3.05) is 7.11 Å². The monoisotopic (exact) mass is 310 g/mol. The van der Waals surface area contributed by atoms with Crippen molar-refractivity contribution >= 4 is 21.7 Å². The fourth-order valence-electron chi connectivity index (χ4n) is 2.61. The molecule has 0 unspecified atom stereocenters. The van der Waals surface area contributed by atoms with Gasteiger partial charge in [0, 0.05) is 10.4 Å². The van der Waals surface area contributed by atoms with E-state index in [2.05, 4.69) is 22.9 Å². The van der Waals surface area contributed by atoms with Gasteiger partial charge in [-0.05, 0) is 37.0 Å². The number of hydrogen-bond acceptors (Lipinski definition) is 2. The lowest BCUT2D eigenvalue weighted by Gasteiger charge is -2.25. The molecule has 3 heteroatoms. The van der Waals surface area contributed by atoms with Crippen LogP contribution in [0.5, 0.6) is 5.75 Å². The van der Waals surface area contributed by atoms with Gasteiger partial charge in [-0.25, -0.2) is 0 Å². The van der Waals surface area contributed by atoms with Crippen LogP contribution in [-0.4, -0.2) is 12.9 Å². The molecule has 1 saturated carbocycles. The summed E-state index contributed by atoms with van der Waals surface area (Å²) in [5.41, 5.74) is 0.714. The molecule has 0 heterocycles. The van der Waals surface area contributed by atoms with E-state index in [0.717, 1.165) is 36.1 Å². The Labute approximate surface area is 117 Å². The molecule has 1 fully saturated rings. The van der Waals surface area contributed by atoms with Gasteiger partial charge in [0.25, 0.3) is 0 Å². The first-order valence-electron chi connectivity index (χ1n) is 6.49. The molecule has 0 spiro atoms. The molecule has 98 valence electrons. The maximum absolute atomic E-state index is 12.5. The first-order chi connectivity index (χ1) is 8.61. The zero-order valence-electron chi connectivity index (χ0n) is 10.9. The Kier molecular flexibility index (Phi) is 4.44. The predicted molar refractivity (Wildman–Crippen MR) is 76.1 cm³/mol. The van der Waals surface area contributed by atoms with E-state index in [1.54, 1.807) is 7.11 Å². The van der Waals surface area contributed by atoms with Crippen molar-refractivity contribution in [1.29, 1.82) is 0 Å². The zero-order chi connectivity index (χ0) is 13.1. The molecule has 0 bridgehead atoms. The van der Waals surface area contributed by atoms with Gasteiger partial charge in [-0.1, -0.05) is 35.7 Å². The number of Topliss-reactive ketones (excluding diaryl/α,β-unsaturated/α-hetero) is 1. The van der Waals surface area contributed by atoms with Crippen LogP contribution in [-0.2, 0) is 0 Å². The number of carbonyl (C=O) groups is 1. The maximum Gasteiger partial charge on any atom is 0.169 e. The quantitative estimate of drug-likeness (QED) is 0.770. The fourth-order valence-corrected chi connectivity index (χ4v) is 2.98. The third-order valence-electron chi connectivity index (χ3n) is 3.81. The molecule has 0 N–H and O–H groups in total. The SMILES string of the molecule is COc1ccc(Br)cc1C(=O)C1CCC(C)CC1. The molecular weight excluding hydrogens is 292 g/mol. The highest BCUT2D eigenvalue weighted by Gasteiger charge is 2.27. The van der Waals surface area contributed by atoms with Gasteiger partial charge in [0.05, 0.1) is 12.7 Å². The second kappa shape index (κ2) is 5.87. The van der Waals surface area contributed by atoms with E-state index in [1.807, 2.05) is 18.2 Å². The Morgan fingerprint density at radius 1 is 1.28 bits per heavy atom. The number of methoxy groups -OCH3 is 1. The minimum absolute atomic E-state index is 0.171. The smallest absolute Gasteiger partial charge is 0.169 e. The van der Waals surface area contributed by atoms with Crippen LogP contribution >= 0.6 is 15.9 Å². The van der Waals surface area contributed by atoms with Gasteiger partial charge in [0.15, 0.2) is 5.78 Å². The van der Waals surface area contributed by atoms with E-state index >= 15 is 0 Å². The number of ketones is 1. The van der Waals surface area contributed by atoms with E-state index in [-0.39, 0.29) is 11.7 Å². The highest BCUT2D eigenvalue weighted by Crippen LogP contribution is 2.33. The van der Waals surface area contributed by atoms with Crippen molar-refractivity contribution in [3.05, 3.63) is 28.2 Å². The summed E-state index contributed by atoms with van der Waals surface area (Å²) in [5.74, 6) is 1.85. The van der Waals surface area contributed by atoms with E-state index in [1.165, 1.54) is 0 Å². The molecule has 0 aliphatic heterocycles.